The molecule has 4 heteroatoms. The van der Waals surface area contributed by atoms with Crippen molar-refractivity contribution in [2.24, 2.45) is 5.41 Å². The second-order valence-corrected chi connectivity index (χ2v) is 5.11. The van der Waals surface area contributed by atoms with Gasteiger partial charge in [-0.1, -0.05) is 0 Å². The minimum Gasteiger partial charge on any atom is -0.381 e. The maximum absolute atomic E-state index is 9.33. The maximum Gasteiger partial charge on any atom is 0.0695 e. The van der Waals surface area contributed by atoms with E-state index in [1.165, 1.54) is 0 Å². The number of halogens is 1. The Labute approximate surface area is 104 Å². The van der Waals surface area contributed by atoms with Crippen molar-refractivity contribution in [3.63, 3.8) is 0 Å². The van der Waals surface area contributed by atoms with Crippen molar-refractivity contribution in [2.75, 3.05) is 13.2 Å². The molecule has 3 nitrogen and oxygen atoms in total. The molecule has 0 saturated carbocycles. The number of hydrogen-bond donors (Lipinski definition) is 0. The topological polar surface area (TPSA) is 45.9 Å². The highest BCUT2D eigenvalue weighted by atomic mass is 79.9. The molecule has 0 aliphatic carbocycles. The summed E-state index contributed by atoms with van der Waals surface area (Å²) in [5.41, 5.74) is 0.846. The fourth-order valence-corrected chi connectivity index (χ4v) is 2.45. The predicted molar refractivity (Wildman–Crippen MR) is 63.7 cm³/mol. The van der Waals surface area contributed by atoms with Gasteiger partial charge in [0.2, 0.25) is 0 Å². The first-order valence-electron chi connectivity index (χ1n) is 5.33. The van der Waals surface area contributed by atoms with E-state index in [1.807, 2.05) is 12.3 Å². The SMILES string of the molecule is N#CC1(Cc2cncc(Br)c2)CCOCC1. The van der Waals surface area contributed by atoms with Crippen LogP contribution in [0.4, 0.5) is 0 Å². The van der Waals surface area contributed by atoms with Crippen LogP contribution in [0.1, 0.15) is 18.4 Å². The quantitative estimate of drug-likeness (QED) is 0.837. The first-order valence-corrected chi connectivity index (χ1v) is 6.12. The van der Waals surface area contributed by atoms with Gasteiger partial charge in [-0.15, -0.1) is 0 Å². The zero-order chi connectivity index (χ0) is 11.4. The Morgan fingerprint density at radius 3 is 2.81 bits per heavy atom. The Kier molecular flexibility index (Phi) is 3.57. The van der Waals surface area contributed by atoms with Crippen molar-refractivity contribution in [1.82, 2.24) is 4.98 Å². The minimum absolute atomic E-state index is 0.263. The van der Waals surface area contributed by atoms with Crippen LogP contribution < -0.4 is 0 Å². The molecule has 1 aliphatic rings. The van der Waals surface area contributed by atoms with E-state index in [0.717, 1.165) is 29.3 Å². The average Bonchev–Trinajstić information content (AvgIpc) is 2.30. The third-order valence-electron chi connectivity index (χ3n) is 2.99. The molecule has 0 N–H and O–H groups in total. The van der Waals surface area contributed by atoms with Gasteiger partial charge in [-0.05, 0) is 46.8 Å². The molecule has 0 spiro atoms. The van der Waals surface area contributed by atoms with Crippen LogP contribution in [0.25, 0.3) is 0 Å². The highest BCUT2D eigenvalue weighted by Gasteiger charge is 2.32. The Hall–Kier alpha value is -0.920. The van der Waals surface area contributed by atoms with Crippen LogP contribution in [0.15, 0.2) is 22.9 Å². The standard InChI is InChI=1S/C12H13BrN2O/c13-11-5-10(7-15-8-11)6-12(9-14)1-3-16-4-2-12/h5,7-8H,1-4,6H2. The van der Waals surface area contributed by atoms with Crippen LogP contribution >= 0.6 is 15.9 Å². The van der Waals surface area contributed by atoms with E-state index in [1.54, 1.807) is 6.20 Å². The normalized spacial score (nSPS) is 19.0. The second-order valence-electron chi connectivity index (χ2n) is 4.19. The van der Waals surface area contributed by atoms with E-state index in [0.29, 0.717) is 13.2 Å². The predicted octanol–water partition coefficient (Wildman–Crippen LogP) is 2.71. The molecule has 84 valence electrons. The van der Waals surface area contributed by atoms with Crippen molar-refractivity contribution < 1.29 is 4.74 Å². The third kappa shape index (κ3) is 2.60. The van der Waals surface area contributed by atoms with Gasteiger partial charge in [0.25, 0.3) is 0 Å². The summed E-state index contributed by atoms with van der Waals surface area (Å²) < 4.78 is 6.28. The van der Waals surface area contributed by atoms with Crippen LogP contribution in [0.5, 0.6) is 0 Å². The van der Waals surface area contributed by atoms with Gasteiger partial charge in [0, 0.05) is 30.1 Å². The van der Waals surface area contributed by atoms with Gasteiger partial charge in [0.15, 0.2) is 0 Å². The van der Waals surface area contributed by atoms with E-state index in [9.17, 15) is 5.26 Å². The molecule has 0 unspecified atom stereocenters. The van der Waals surface area contributed by atoms with E-state index >= 15 is 0 Å². The first kappa shape index (κ1) is 11.6. The zero-order valence-electron chi connectivity index (χ0n) is 8.95. The second kappa shape index (κ2) is 4.94. The van der Waals surface area contributed by atoms with Gasteiger partial charge < -0.3 is 4.74 Å². The summed E-state index contributed by atoms with van der Waals surface area (Å²) in [6.45, 7) is 1.38. The lowest BCUT2D eigenvalue weighted by molar-refractivity contribution is 0.0406. The summed E-state index contributed by atoms with van der Waals surface area (Å²) >= 11 is 3.40. The smallest absolute Gasteiger partial charge is 0.0695 e. The minimum atomic E-state index is -0.263. The maximum atomic E-state index is 9.33. The van der Waals surface area contributed by atoms with Crippen molar-refractivity contribution in [1.29, 1.82) is 5.26 Å². The van der Waals surface area contributed by atoms with E-state index in [4.69, 9.17) is 4.74 Å². The molecule has 1 fully saturated rings. The lowest BCUT2D eigenvalue weighted by atomic mass is 9.77. The molecular formula is C12H13BrN2O. The highest BCUT2D eigenvalue weighted by molar-refractivity contribution is 9.10. The van der Waals surface area contributed by atoms with Crippen LogP contribution in [-0.2, 0) is 11.2 Å². The van der Waals surface area contributed by atoms with E-state index in [-0.39, 0.29) is 5.41 Å². The Morgan fingerprint density at radius 1 is 1.44 bits per heavy atom. The lowest BCUT2D eigenvalue weighted by Gasteiger charge is -2.30. The first-order chi connectivity index (χ1) is 7.74. The zero-order valence-corrected chi connectivity index (χ0v) is 10.5. The summed E-state index contributed by atoms with van der Waals surface area (Å²) in [7, 11) is 0. The van der Waals surface area contributed by atoms with Gasteiger partial charge >= 0.3 is 0 Å². The average molecular weight is 281 g/mol. The van der Waals surface area contributed by atoms with Gasteiger partial charge in [0.1, 0.15) is 0 Å². The summed E-state index contributed by atoms with van der Waals surface area (Å²) in [5.74, 6) is 0. The van der Waals surface area contributed by atoms with E-state index < -0.39 is 0 Å². The number of nitriles is 1. The van der Waals surface area contributed by atoms with Crippen molar-refractivity contribution in [3.05, 3.63) is 28.5 Å². The molecule has 0 bridgehead atoms. The highest BCUT2D eigenvalue weighted by Crippen LogP contribution is 2.33. The van der Waals surface area contributed by atoms with Gasteiger partial charge in [0.05, 0.1) is 11.5 Å². The van der Waals surface area contributed by atoms with Gasteiger partial charge in [-0.2, -0.15) is 5.26 Å². The van der Waals surface area contributed by atoms with Crippen molar-refractivity contribution >= 4 is 15.9 Å². The third-order valence-corrected chi connectivity index (χ3v) is 3.42. The van der Waals surface area contributed by atoms with E-state index in [2.05, 4.69) is 27.0 Å². The van der Waals surface area contributed by atoms with Gasteiger partial charge in [-0.3, -0.25) is 4.98 Å². The molecule has 1 aromatic rings. The van der Waals surface area contributed by atoms with Crippen LogP contribution in [0, 0.1) is 16.7 Å². The van der Waals surface area contributed by atoms with Crippen molar-refractivity contribution in [2.45, 2.75) is 19.3 Å². The number of aromatic nitrogens is 1. The molecule has 2 rings (SSSR count). The number of ether oxygens (including phenoxy) is 1. The summed E-state index contributed by atoms with van der Waals surface area (Å²) in [6, 6.07) is 4.49. The van der Waals surface area contributed by atoms with Crippen LogP contribution in [0.3, 0.4) is 0 Å². The molecule has 0 radical (unpaired) electrons. The number of hydrogen-bond acceptors (Lipinski definition) is 3. The van der Waals surface area contributed by atoms with Gasteiger partial charge in [-0.25, -0.2) is 0 Å². The fourth-order valence-electron chi connectivity index (χ4n) is 2.03. The molecule has 0 amide bonds. The molecule has 0 atom stereocenters. The Morgan fingerprint density at radius 2 is 2.19 bits per heavy atom. The van der Waals surface area contributed by atoms with Crippen LogP contribution in [0.2, 0.25) is 0 Å². The molecule has 16 heavy (non-hydrogen) atoms. The summed E-state index contributed by atoms with van der Waals surface area (Å²) in [6.07, 6.45) is 5.98. The number of rotatable bonds is 2. The molecule has 1 aliphatic heterocycles. The summed E-state index contributed by atoms with van der Waals surface area (Å²) in [4.78, 5) is 4.13. The Balaban J connectivity index is 2.15. The van der Waals surface area contributed by atoms with Crippen LogP contribution in [-0.4, -0.2) is 18.2 Å². The molecule has 0 aromatic carbocycles. The molecule has 2 heterocycles. The van der Waals surface area contributed by atoms with Crippen molar-refractivity contribution in [3.8, 4) is 6.07 Å². The fraction of sp³-hybridized carbons (Fsp3) is 0.500. The molecular weight excluding hydrogens is 268 g/mol. The number of pyridine rings is 1. The molecule has 1 saturated heterocycles. The lowest BCUT2D eigenvalue weighted by Crippen LogP contribution is -2.30. The monoisotopic (exact) mass is 280 g/mol. The summed E-state index contributed by atoms with van der Waals surface area (Å²) in [5, 5.41) is 9.33. The largest absolute Gasteiger partial charge is 0.381 e. The molecule has 1 aromatic heterocycles. The Bertz CT molecular complexity index is 408. The number of nitrogens with zero attached hydrogens (tertiary/aromatic N) is 2.